The summed E-state index contributed by atoms with van der Waals surface area (Å²) in [7, 11) is -16.7. The number of nitrogens with one attached hydrogen (secondary N) is 1. The van der Waals surface area contributed by atoms with Gasteiger partial charge in [-0.2, -0.15) is 8.62 Å². The zero-order valence-corrected chi connectivity index (χ0v) is 19.2. The van der Waals surface area contributed by atoms with Gasteiger partial charge in [-0.3, -0.25) is 9.09 Å². The van der Waals surface area contributed by atoms with Crippen LogP contribution < -0.4 is 0 Å². The molecule has 1 aliphatic heterocycles. The summed E-state index contributed by atoms with van der Waals surface area (Å²) in [5.74, 6) is 0.543. The molecule has 180 valence electrons. The van der Waals surface area contributed by atoms with Crippen molar-refractivity contribution >= 4 is 46.8 Å². The van der Waals surface area contributed by atoms with Gasteiger partial charge in [-0.05, 0) is 19.1 Å². The van der Waals surface area contributed by atoms with Crippen LogP contribution in [0.3, 0.4) is 0 Å². The molecule has 21 heteroatoms. The number of ether oxygens (including phenoxy) is 1. The van der Waals surface area contributed by atoms with Crippen molar-refractivity contribution < 1.29 is 61.4 Å². The van der Waals surface area contributed by atoms with E-state index in [0.717, 1.165) is 0 Å². The number of H-pyrrole nitrogens is 1. The Balaban J connectivity index is 1.71. The predicted molar refractivity (Wildman–Crippen MR) is 103 cm³/mol. The number of aliphatic hydroxyl groups excluding tert-OH is 2. The highest BCUT2D eigenvalue weighted by Gasteiger charge is 2.46. The van der Waals surface area contributed by atoms with Gasteiger partial charge >= 0.3 is 23.5 Å². The van der Waals surface area contributed by atoms with Crippen molar-refractivity contribution in [2.24, 2.45) is 0 Å². The number of aryl methyl sites for hydroxylation is 1. The van der Waals surface area contributed by atoms with Crippen LogP contribution in [0.4, 0.5) is 0 Å². The lowest BCUT2D eigenvalue weighted by molar-refractivity contribution is -0.0531. The third kappa shape index (κ3) is 6.14. The summed E-state index contributed by atoms with van der Waals surface area (Å²) in [6.45, 7) is 0.724. The summed E-state index contributed by atoms with van der Waals surface area (Å²) in [6.07, 6.45) is -4.64. The highest BCUT2D eigenvalue weighted by molar-refractivity contribution is 7.71. The van der Waals surface area contributed by atoms with Gasteiger partial charge in [0.25, 0.3) is 0 Å². The number of aliphatic hydroxyl groups is 2. The second kappa shape index (κ2) is 9.02. The first kappa shape index (κ1) is 25.7. The molecule has 0 aliphatic carbocycles. The Hall–Kier alpha value is -0.940. The van der Waals surface area contributed by atoms with Crippen molar-refractivity contribution in [3.05, 3.63) is 16.8 Å². The Bertz CT molecular complexity index is 1210. The standard InChI is InChI=1S/C11H17N4O13P3S/c1-4-12-5-2-15(11(32)14-9(5)13-4)10-8(17)7(16)6(26-10)3-25-30(21,22)28-31(23,24)27-29(18,19)20/h2,6-8,10,16-17H,3H2,1H3,(H,21,22)(H,23,24)(H2,18,19,20)(H,12,13,14,32)/t6-,7?,8+,10-/m1/s1. The first-order chi connectivity index (χ1) is 14.6. The molecule has 3 unspecified atom stereocenters. The summed E-state index contributed by atoms with van der Waals surface area (Å²) >= 11 is 5.14. The smallest absolute Gasteiger partial charge is 0.387 e. The zero-order chi connectivity index (χ0) is 24.1. The van der Waals surface area contributed by atoms with E-state index < -0.39 is 54.6 Å². The van der Waals surface area contributed by atoms with Crippen molar-refractivity contribution in [2.75, 3.05) is 6.61 Å². The van der Waals surface area contributed by atoms with E-state index in [2.05, 4.69) is 28.1 Å². The van der Waals surface area contributed by atoms with E-state index in [1.54, 1.807) is 6.92 Å². The minimum Gasteiger partial charge on any atom is -0.387 e. The fourth-order valence-corrected chi connectivity index (χ4v) is 6.04. The fourth-order valence-electron chi connectivity index (χ4n) is 2.76. The quantitative estimate of drug-likeness (QED) is 0.169. The number of fused-ring (bicyclic) bond motifs is 1. The lowest BCUT2D eigenvalue weighted by atomic mass is 10.1. The lowest BCUT2D eigenvalue weighted by Gasteiger charge is -2.19. The van der Waals surface area contributed by atoms with Gasteiger partial charge in [-0.1, -0.05) is 0 Å². The van der Waals surface area contributed by atoms with Crippen molar-refractivity contribution in [1.29, 1.82) is 0 Å². The normalized spacial score (nSPS) is 28.0. The van der Waals surface area contributed by atoms with Gasteiger partial charge in [-0.25, -0.2) is 23.7 Å². The molecule has 6 atom stereocenters. The molecule has 0 spiro atoms. The summed E-state index contributed by atoms with van der Waals surface area (Å²) in [6, 6.07) is 0. The van der Waals surface area contributed by atoms with Crippen LogP contribution in [-0.4, -0.2) is 74.2 Å². The first-order valence-electron chi connectivity index (χ1n) is 8.32. The van der Waals surface area contributed by atoms with Gasteiger partial charge in [0.05, 0.1) is 6.61 Å². The number of nitrogens with zero attached hydrogens (tertiary/aromatic N) is 3. The SMILES string of the molecule is Cc1nc2cn([C@@H]3O[C@H](COP(=O)(O)OP(=O)(O)OP(=O)(O)O)C(O)[C@@H]3O)c(=S)nc2[nH]1. The van der Waals surface area contributed by atoms with E-state index in [-0.39, 0.29) is 4.77 Å². The molecule has 0 amide bonds. The third-order valence-electron chi connectivity index (χ3n) is 3.95. The maximum atomic E-state index is 11.8. The second-order valence-electron chi connectivity index (χ2n) is 6.42. The van der Waals surface area contributed by atoms with Crippen LogP contribution in [-0.2, 0) is 31.6 Å². The van der Waals surface area contributed by atoms with Crippen LogP contribution in [0.1, 0.15) is 12.1 Å². The molecule has 0 aromatic carbocycles. The molecule has 0 radical (unpaired) electrons. The van der Waals surface area contributed by atoms with Crippen LogP contribution in [0, 0.1) is 11.7 Å². The Morgan fingerprint density at radius 2 is 1.78 bits per heavy atom. The molecular weight excluding hydrogens is 521 g/mol. The molecule has 2 aromatic heterocycles. The molecule has 2 aromatic rings. The topological polar surface area (TPSA) is 256 Å². The number of aromatic nitrogens is 4. The zero-order valence-electron chi connectivity index (χ0n) is 15.7. The van der Waals surface area contributed by atoms with E-state index in [9.17, 15) is 28.8 Å². The van der Waals surface area contributed by atoms with Gasteiger partial charge in [0.2, 0.25) is 4.77 Å². The number of phosphoric ester groups is 1. The van der Waals surface area contributed by atoms with Gasteiger partial charge < -0.3 is 39.5 Å². The number of phosphoric acid groups is 3. The first-order valence-corrected chi connectivity index (χ1v) is 13.3. The number of hydrogen-bond acceptors (Lipinski definition) is 12. The van der Waals surface area contributed by atoms with Crippen LogP contribution in [0.2, 0.25) is 0 Å². The van der Waals surface area contributed by atoms with Gasteiger partial charge in [0, 0.05) is 6.20 Å². The van der Waals surface area contributed by atoms with Crippen LogP contribution in [0.5, 0.6) is 0 Å². The minimum atomic E-state index is -5.70. The van der Waals surface area contributed by atoms with Crippen molar-refractivity contribution in [1.82, 2.24) is 19.5 Å². The number of imidazole rings is 1. The van der Waals surface area contributed by atoms with Gasteiger partial charge in [0.15, 0.2) is 11.9 Å². The molecule has 0 bridgehead atoms. The van der Waals surface area contributed by atoms with E-state index >= 15 is 0 Å². The Kier molecular flexibility index (Phi) is 7.24. The number of aromatic amines is 1. The van der Waals surface area contributed by atoms with Crippen LogP contribution in [0.25, 0.3) is 11.2 Å². The maximum absolute atomic E-state index is 11.8. The Morgan fingerprint density at radius 1 is 1.12 bits per heavy atom. The predicted octanol–water partition coefficient (Wildman–Crippen LogP) is -0.240. The summed E-state index contributed by atoms with van der Waals surface area (Å²) in [5, 5.41) is 20.5. The molecule has 1 aliphatic rings. The van der Waals surface area contributed by atoms with Gasteiger partial charge in [0.1, 0.15) is 29.7 Å². The van der Waals surface area contributed by atoms with E-state index in [1.807, 2.05) is 0 Å². The lowest BCUT2D eigenvalue weighted by Crippen LogP contribution is -2.33. The summed E-state index contributed by atoms with van der Waals surface area (Å²) in [4.78, 5) is 46.8. The van der Waals surface area contributed by atoms with E-state index in [1.165, 1.54) is 10.8 Å². The van der Waals surface area contributed by atoms with Crippen LogP contribution in [0.15, 0.2) is 6.20 Å². The largest absolute Gasteiger partial charge is 0.490 e. The highest BCUT2D eigenvalue weighted by Crippen LogP contribution is 2.66. The maximum Gasteiger partial charge on any atom is 0.490 e. The monoisotopic (exact) mass is 538 g/mol. The molecular formula is C11H17N4O13P3S. The van der Waals surface area contributed by atoms with E-state index in [0.29, 0.717) is 17.0 Å². The average molecular weight is 538 g/mol. The molecule has 0 saturated carbocycles. The van der Waals surface area contributed by atoms with Crippen LogP contribution >= 0.6 is 35.7 Å². The molecule has 1 fully saturated rings. The molecule has 1 saturated heterocycles. The van der Waals surface area contributed by atoms with Crippen molar-refractivity contribution in [2.45, 2.75) is 31.5 Å². The minimum absolute atomic E-state index is 0.0501. The molecule has 3 heterocycles. The Labute approximate surface area is 183 Å². The number of hydrogen-bond donors (Lipinski definition) is 7. The highest BCUT2D eigenvalue weighted by atomic mass is 32.1. The average Bonchev–Trinajstić information content (AvgIpc) is 3.08. The van der Waals surface area contributed by atoms with Crippen molar-refractivity contribution in [3.63, 3.8) is 0 Å². The third-order valence-corrected chi connectivity index (χ3v) is 8.05. The fraction of sp³-hybridized carbons (Fsp3) is 0.545. The summed E-state index contributed by atoms with van der Waals surface area (Å²) < 4.78 is 52.0. The molecule has 17 nitrogen and oxygen atoms in total. The Morgan fingerprint density at radius 3 is 2.41 bits per heavy atom. The molecule has 7 N–H and O–H groups in total. The molecule has 32 heavy (non-hydrogen) atoms. The number of rotatable bonds is 8. The van der Waals surface area contributed by atoms with Gasteiger partial charge in [-0.15, -0.1) is 0 Å². The second-order valence-corrected chi connectivity index (χ2v) is 11.2. The van der Waals surface area contributed by atoms with E-state index in [4.69, 9.17) is 31.6 Å². The molecule has 3 rings (SSSR count). The van der Waals surface area contributed by atoms with Crippen molar-refractivity contribution in [3.8, 4) is 0 Å². The summed E-state index contributed by atoms with van der Waals surface area (Å²) in [5.41, 5.74) is 0.749.